The van der Waals surface area contributed by atoms with E-state index in [9.17, 15) is 18.3 Å². The SMILES string of the molecule is [B]C(N)(O)Cc1cc(OC)c(SC(F)(F)F)cc1OC. The number of alkyl halides is 3. The van der Waals surface area contributed by atoms with Crippen molar-refractivity contribution in [1.82, 2.24) is 0 Å². The summed E-state index contributed by atoms with van der Waals surface area (Å²) in [7, 11) is 7.80. The van der Waals surface area contributed by atoms with Crippen molar-refractivity contribution in [2.24, 2.45) is 5.73 Å². The lowest BCUT2D eigenvalue weighted by Gasteiger charge is -2.21. The number of ether oxygens (including phenoxy) is 2. The van der Waals surface area contributed by atoms with E-state index in [-0.39, 0.29) is 34.6 Å². The molecule has 1 atom stereocenters. The Morgan fingerprint density at radius 2 is 1.80 bits per heavy atom. The summed E-state index contributed by atoms with van der Waals surface area (Å²) in [5.41, 5.74) is -0.848. The van der Waals surface area contributed by atoms with Gasteiger partial charge in [-0.25, -0.2) is 0 Å². The molecular weight excluding hydrogens is 294 g/mol. The number of aliphatic hydroxyl groups is 1. The summed E-state index contributed by atoms with van der Waals surface area (Å²) in [6.07, 6.45) is -0.205. The van der Waals surface area contributed by atoms with Crippen LogP contribution in [0.2, 0.25) is 0 Å². The van der Waals surface area contributed by atoms with Gasteiger partial charge >= 0.3 is 5.51 Å². The Morgan fingerprint density at radius 1 is 1.25 bits per heavy atom. The third-order valence-electron chi connectivity index (χ3n) is 2.27. The fourth-order valence-electron chi connectivity index (χ4n) is 1.58. The van der Waals surface area contributed by atoms with Crippen LogP contribution in [0.3, 0.4) is 0 Å². The zero-order chi connectivity index (χ0) is 15.6. The molecular formula is C11H13BF3NO3S. The molecule has 0 aliphatic carbocycles. The first-order valence-corrected chi connectivity index (χ1v) is 6.18. The fourth-order valence-corrected chi connectivity index (χ4v) is 2.24. The molecule has 4 nitrogen and oxygen atoms in total. The summed E-state index contributed by atoms with van der Waals surface area (Å²) in [4.78, 5) is -0.154. The molecule has 3 N–H and O–H groups in total. The molecule has 0 amide bonds. The number of methoxy groups -OCH3 is 2. The van der Waals surface area contributed by atoms with Gasteiger partial charge < -0.3 is 20.3 Å². The largest absolute Gasteiger partial charge is 0.496 e. The number of thioether (sulfide) groups is 1. The summed E-state index contributed by atoms with van der Waals surface area (Å²) in [6, 6.07) is 2.47. The Balaban J connectivity index is 3.23. The first-order valence-electron chi connectivity index (χ1n) is 5.36. The maximum absolute atomic E-state index is 12.5. The lowest BCUT2D eigenvalue weighted by molar-refractivity contribution is -0.0329. The number of hydrogen-bond donors (Lipinski definition) is 2. The van der Waals surface area contributed by atoms with Crippen LogP contribution in [0.15, 0.2) is 17.0 Å². The van der Waals surface area contributed by atoms with Crippen molar-refractivity contribution < 1.29 is 27.8 Å². The van der Waals surface area contributed by atoms with E-state index in [0.29, 0.717) is 5.56 Å². The average Bonchev–Trinajstić information content (AvgIpc) is 2.26. The maximum atomic E-state index is 12.5. The van der Waals surface area contributed by atoms with Crippen molar-refractivity contribution in [3.63, 3.8) is 0 Å². The molecule has 0 heterocycles. The van der Waals surface area contributed by atoms with Gasteiger partial charge in [-0.15, -0.1) is 0 Å². The number of hydrogen-bond acceptors (Lipinski definition) is 5. The molecule has 20 heavy (non-hydrogen) atoms. The normalized spacial score (nSPS) is 14.8. The van der Waals surface area contributed by atoms with Gasteiger partial charge in [0.15, 0.2) is 0 Å². The molecule has 1 rings (SSSR count). The van der Waals surface area contributed by atoms with Crippen LogP contribution < -0.4 is 15.2 Å². The highest BCUT2D eigenvalue weighted by Crippen LogP contribution is 2.44. The molecule has 110 valence electrons. The first kappa shape index (κ1) is 17.0. The molecule has 1 aromatic rings. The molecule has 0 saturated carbocycles. The minimum atomic E-state index is -4.46. The van der Waals surface area contributed by atoms with Crippen LogP contribution >= 0.6 is 11.8 Å². The quantitative estimate of drug-likeness (QED) is 0.492. The topological polar surface area (TPSA) is 64.7 Å². The van der Waals surface area contributed by atoms with Crippen LogP contribution in [0.25, 0.3) is 0 Å². The number of benzene rings is 1. The van der Waals surface area contributed by atoms with Crippen molar-refractivity contribution in [2.75, 3.05) is 14.2 Å². The predicted molar refractivity (Wildman–Crippen MR) is 70.1 cm³/mol. The highest BCUT2D eigenvalue weighted by molar-refractivity contribution is 8.00. The standard InChI is InChI=1S/C11H13BF3NO3S/c1-18-7-4-9(20-11(13,14)15)8(19-2)3-6(7)5-10(12,16)17/h3-4,17H,5,16H2,1-2H3. The molecule has 0 saturated heterocycles. The van der Waals surface area contributed by atoms with E-state index < -0.39 is 11.1 Å². The number of halogens is 3. The van der Waals surface area contributed by atoms with Crippen molar-refractivity contribution in [1.29, 1.82) is 0 Å². The van der Waals surface area contributed by atoms with Crippen LogP contribution in [0, 0.1) is 0 Å². The average molecular weight is 307 g/mol. The lowest BCUT2D eigenvalue weighted by Crippen LogP contribution is -2.42. The predicted octanol–water partition coefficient (Wildman–Crippen LogP) is 1.63. The smallest absolute Gasteiger partial charge is 0.446 e. The molecule has 0 aliphatic heterocycles. The molecule has 0 aromatic heterocycles. The Bertz CT molecular complexity index is 433. The zero-order valence-corrected chi connectivity index (χ0v) is 11.6. The summed E-state index contributed by atoms with van der Waals surface area (Å²) < 4.78 is 47.2. The Hall–Kier alpha value is -1.06. The molecule has 1 unspecified atom stereocenters. The summed E-state index contributed by atoms with van der Waals surface area (Å²) in [5.74, 6) is 0.124. The number of nitrogens with two attached hydrogens (primary N) is 1. The molecule has 1 aromatic carbocycles. The minimum Gasteiger partial charge on any atom is -0.496 e. The Morgan fingerprint density at radius 3 is 2.20 bits per heavy atom. The second-order valence-electron chi connectivity index (χ2n) is 4.03. The monoisotopic (exact) mass is 307 g/mol. The van der Waals surface area contributed by atoms with E-state index in [4.69, 9.17) is 23.1 Å². The summed E-state index contributed by atoms with van der Waals surface area (Å²) in [5, 5.41) is 9.38. The van der Waals surface area contributed by atoms with Gasteiger partial charge in [-0.2, -0.15) is 13.2 Å². The van der Waals surface area contributed by atoms with Crippen LogP contribution in [-0.2, 0) is 6.42 Å². The van der Waals surface area contributed by atoms with Crippen molar-refractivity contribution in [3.8, 4) is 11.5 Å². The van der Waals surface area contributed by atoms with Crippen molar-refractivity contribution >= 4 is 19.6 Å². The molecule has 9 heteroatoms. The molecule has 2 radical (unpaired) electrons. The van der Waals surface area contributed by atoms with Crippen LogP contribution in [0.1, 0.15) is 5.56 Å². The van der Waals surface area contributed by atoms with Crippen LogP contribution in [-0.4, -0.2) is 38.3 Å². The van der Waals surface area contributed by atoms with Crippen LogP contribution in [0.5, 0.6) is 11.5 Å². The van der Waals surface area contributed by atoms with E-state index >= 15 is 0 Å². The summed E-state index contributed by atoms with van der Waals surface area (Å²) in [6.45, 7) is 0. The van der Waals surface area contributed by atoms with Crippen molar-refractivity contribution in [2.45, 2.75) is 22.4 Å². The van der Waals surface area contributed by atoms with Gasteiger partial charge in [0, 0.05) is 12.0 Å². The Labute approximate surface area is 119 Å². The first-order chi connectivity index (χ1) is 9.05. The number of rotatable bonds is 5. The van der Waals surface area contributed by atoms with E-state index in [2.05, 4.69) is 0 Å². The van der Waals surface area contributed by atoms with E-state index in [0.717, 1.165) is 6.07 Å². The molecule has 0 spiro atoms. The highest BCUT2D eigenvalue weighted by Gasteiger charge is 2.32. The fraction of sp³-hybridized carbons (Fsp3) is 0.455. The third-order valence-corrected chi connectivity index (χ3v) is 3.04. The second kappa shape index (κ2) is 6.15. The van der Waals surface area contributed by atoms with E-state index in [1.54, 1.807) is 0 Å². The van der Waals surface area contributed by atoms with Gasteiger partial charge in [0.05, 0.1) is 24.7 Å². The van der Waals surface area contributed by atoms with Gasteiger partial charge in [0.1, 0.15) is 19.3 Å². The van der Waals surface area contributed by atoms with Gasteiger partial charge in [-0.05, 0) is 23.9 Å². The molecule has 0 aliphatic rings. The minimum absolute atomic E-state index is 0.00706. The third kappa shape index (κ3) is 5.14. The summed E-state index contributed by atoms with van der Waals surface area (Å²) >= 11 is -0.322. The van der Waals surface area contributed by atoms with E-state index in [1.807, 2.05) is 0 Å². The van der Waals surface area contributed by atoms with Gasteiger partial charge in [-0.3, -0.25) is 0 Å². The van der Waals surface area contributed by atoms with E-state index in [1.165, 1.54) is 20.3 Å². The van der Waals surface area contributed by atoms with Crippen molar-refractivity contribution in [3.05, 3.63) is 17.7 Å². The van der Waals surface area contributed by atoms with Gasteiger partial charge in [-0.1, -0.05) is 0 Å². The molecule has 0 bridgehead atoms. The Kier molecular flexibility index (Phi) is 5.23. The molecule has 0 fully saturated rings. The maximum Gasteiger partial charge on any atom is 0.446 e. The zero-order valence-electron chi connectivity index (χ0n) is 10.8. The lowest BCUT2D eigenvalue weighted by atomic mass is 9.85. The van der Waals surface area contributed by atoms with Gasteiger partial charge in [0.25, 0.3) is 0 Å². The van der Waals surface area contributed by atoms with Gasteiger partial charge in [0.2, 0.25) is 0 Å². The van der Waals surface area contributed by atoms with Crippen LogP contribution in [0.4, 0.5) is 13.2 Å². The highest BCUT2D eigenvalue weighted by atomic mass is 32.2. The second-order valence-corrected chi connectivity index (χ2v) is 5.14.